The number of rotatable bonds is 4. The Kier molecular flexibility index (Phi) is 5.08. The van der Waals surface area contributed by atoms with Gasteiger partial charge in [-0.2, -0.15) is 0 Å². The van der Waals surface area contributed by atoms with E-state index >= 15 is 0 Å². The Morgan fingerprint density at radius 3 is 2.92 bits per heavy atom. The maximum Gasteiger partial charge on any atom is 0.260 e. The van der Waals surface area contributed by atoms with E-state index in [2.05, 4.69) is 16.9 Å². The molecule has 24 heavy (non-hydrogen) atoms. The Labute approximate surface area is 142 Å². The number of carbonyl (C=O) groups is 1. The normalized spacial score (nSPS) is 17.6. The lowest BCUT2D eigenvalue weighted by molar-refractivity contribution is -0.134. The molecular weight excluding hydrogens is 302 g/mol. The second kappa shape index (κ2) is 7.43. The molecule has 1 amide bonds. The molecule has 2 aromatic rings. The van der Waals surface area contributed by atoms with Crippen LogP contribution in [0.25, 0.3) is 0 Å². The first-order valence-electron chi connectivity index (χ1n) is 8.37. The molecule has 1 fully saturated rings. The molecule has 0 saturated carbocycles. The monoisotopic (exact) mass is 325 g/mol. The molecule has 5 heteroatoms. The van der Waals surface area contributed by atoms with Crippen LogP contribution in [0.15, 0.2) is 36.8 Å². The van der Waals surface area contributed by atoms with Crippen LogP contribution in [0, 0.1) is 13.8 Å². The van der Waals surface area contributed by atoms with Crippen molar-refractivity contribution >= 4 is 5.91 Å². The number of hydrogen-bond donors (Lipinski definition) is 0. The number of nitrogens with zero attached hydrogens (tertiary/aromatic N) is 3. The zero-order valence-electron chi connectivity index (χ0n) is 14.2. The number of likely N-dealkylation sites (tertiary alicyclic amines) is 1. The molecule has 0 bridgehead atoms. The number of piperidine rings is 1. The van der Waals surface area contributed by atoms with Gasteiger partial charge in [0.05, 0.1) is 0 Å². The van der Waals surface area contributed by atoms with Crippen molar-refractivity contribution < 1.29 is 9.53 Å². The lowest BCUT2D eigenvalue weighted by Crippen LogP contribution is -2.41. The average Bonchev–Trinajstić information content (AvgIpc) is 2.63. The van der Waals surface area contributed by atoms with Crippen molar-refractivity contribution in [3.63, 3.8) is 0 Å². The van der Waals surface area contributed by atoms with Gasteiger partial charge in [-0.25, -0.2) is 9.97 Å². The van der Waals surface area contributed by atoms with Gasteiger partial charge in [-0.3, -0.25) is 4.79 Å². The van der Waals surface area contributed by atoms with Crippen molar-refractivity contribution in [2.75, 3.05) is 19.7 Å². The van der Waals surface area contributed by atoms with Gasteiger partial charge in [0.2, 0.25) is 0 Å². The highest BCUT2D eigenvalue weighted by Crippen LogP contribution is 2.25. The molecule has 0 N–H and O–H groups in total. The smallest absolute Gasteiger partial charge is 0.260 e. The predicted molar refractivity (Wildman–Crippen MR) is 92.0 cm³/mol. The van der Waals surface area contributed by atoms with E-state index in [1.54, 1.807) is 12.5 Å². The summed E-state index contributed by atoms with van der Waals surface area (Å²) >= 11 is 0. The third-order valence-corrected chi connectivity index (χ3v) is 4.64. The van der Waals surface area contributed by atoms with Gasteiger partial charge in [-0.15, -0.1) is 0 Å². The first-order valence-corrected chi connectivity index (χ1v) is 8.37. The lowest BCUT2D eigenvalue weighted by Gasteiger charge is -2.32. The number of benzene rings is 1. The second-order valence-corrected chi connectivity index (χ2v) is 6.35. The minimum absolute atomic E-state index is 0.0342. The molecular formula is C19H23N3O2. The Balaban J connectivity index is 1.57. The molecule has 0 radical (unpaired) electrons. The van der Waals surface area contributed by atoms with E-state index in [1.807, 2.05) is 36.1 Å². The summed E-state index contributed by atoms with van der Waals surface area (Å²) in [6.07, 6.45) is 5.37. The van der Waals surface area contributed by atoms with Crippen LogP contribution in [0.2, 0.25) is 0 Å². The first kappa shape index (κ1) is 16.4. The third-order valence-electron chi connectivity index (χ3n) is 4.64. The van der Waals surface area contributed by atoms with Crippen LogP contribution in [0.5, 0.6) is 5.75 Å². The molecule has 1 aliphatic rings. The van der Waals surface area contributed by atoms with E-state index < -0.39 is 0 Å². The minimum Gasteiger partial charge on any atom is -0.484 e. The highest BCUT2D eigenvalue weighted by Gasteiger charge is 2.25. The van der Waals surface area contributed by atoms with Crippen LogP contribution in [0.3, 0.4) is 0 Å². The zero-order valence-corrected chi connectivity index (χ0v) is 14.2. The van der Waals surface area contributed by atoms with Crippen LogP contribution < -0.4 is 4.74 Å². The van der Waals surface area contributed by atoms with Crippen LogP contribution in [0.4, 0.5) is 0 Å². The van der Waals surface area contributed by atoms with Gasteiger partial charge in [0.25, 0.3) is 5.91 Å². The molecule has 126 valence electrons. The summed E-state index contributed by atoms with van der Waals surface area (Å²) in [4.78, 5) is 22.6. The topological polar surface area (TPSA) is 55.3 Å². The number of aromatic nitrogens is 2. The molecule has 1 saturated heterocycles. The first-order chi connectivity index (χ1) is 11.6. The molecule has 1 aliphatic heterocycles. The Hall–Kier alpha value is -2.43. The van der Waals surface area contributed by atoms with Crippen LogP contribution >= 0.6 is 0 Å². The number of hydrogen-bond acceptors (Lipinski definition) is 4. The summed E-state index contributed by atoms with van der Waals surface area (Å²) < 4.78 is 5.68. The maximum atomic E-state index is 12.5. The fourth-order valence-corrected chi connectivity index (χ4v) is 3.03. The zero-order chi connectivity index (χ0) is 16.9. The fourth-order valence-electron chi connectivity index (χ4n) is 3.03. The van der Waals surface area contributed by atoms with Crippen molar-refractivity contribution in [1.29, 1.82) is 0 Å². The molecule has 1 aromatic carbocycles. The lowest BCUT2D eigenvalue weighted by atomic mass is 9.94. The number of carbonyl (C=O) groups excluding carboxylic acids is 1. The fraction of sp³-hybridized carbons (Fsp3) is 0.421. The van der Waals surface area contributed by atoms with Gasteiger partial charge in [0.15, 0.2) is 6.61 Å². The van der Waals surface area contributed by atoms with E-state index in [4.69, 9.17) is 4.74 Å². The molecule has 5 nitrogen and oxygen atoms in total. The Bertz CT molecular complexity index is 703. The number of aryl methyl sites for hydroxylation is 2. The molecule has 0 aliphatic carbocycles. The Morgan fingerprint density at radius 2 is 2.17 bits per heavy atom. The molecule has 1 aromatic heterocycles. The SMILES string of the molecule is Cc1ccc(OCC(=O)N2CCC[C@@H](c3ccncn3)C2)cc1C. The highest BCUT2D eigenvalue weighted by atomic mass is 16.5. The summed E-state index contributed by atoms with van der Waals surface area (Å²) in [5, 5.41) is 0. The molecule has 2 heterocycles. The van der Waals surface area contributed by atoms with Gasteiger partial charge < -0.3 is 9.64 Å². The van der Waals surface area contributed by atoms with E-state index in [0.29, 0.717) is 6.54 Å². The summed E-state index contributed by atoms with van der Waals surface area (Å²) in [5.74, 6) is 1.06. The van der Waals surface area contributed by atoms with E-state index in [0.717, 1.165) is 30.8 Å². The van der Waals surface area contributed by atoms with E-state index in [-0.39, 0.29) is 18.4 Å². The van der Waals surface area contributed by atoms with Gasteiger partial charge >= 0.3 is 0 Å². The van der Waals surface area contributed by atoms with Crippen molar-refractivity contribution in [2.24, 2.45) is 0 Å². The van der Waals surface area contributed by atoms with Crippen LogP contribution in [0.1, 0.15) is 35.6 Å². The largest absolute Gasteiger partial charge is 0.484 e. The van der Waals surface area contributed by atoms with Crippen molar-refractivity contribution in [2.45, 2.75) is 32.6 Å². The summed E-state index contributed by atoms with van der Waals surface area (Å²) in [7, 11) is 0. The van der Waals surface area contributed by atoms with Gasteiger partial charge in [0, 0.05) is 30.9 Å². The standard InChI is InChI=1S/C19H23N3O2/c1-14-5-6-17(10-15(14)2)24-12-19(23)22-9-3-4-16(11-22)18-7-8-20-13-21-18/h5-8,10,13,16H,3-4,9,11-12H2,1-2H3/t16-/m1/s1. The van der Waals surface area contributed by atoms with Crippen molar-refractivity contribution in [1.82, 2.24) is 14.9 Å². The van der Waals surface area contributed by atoms with Gasteiger partial charge in [-0.05, 0) is 56.0 Å². The van der Waals surface area contributed by atoms with Crippen molar-refractivity contribution in [3.8, 4) is 5.75 Å². The van der Waals surface area contributed by atoms with Gasteiger partial charge in [-0.1, -0.05) is 6.07 Å². The van der Waals surface area contributed by atoms with Crippen LogP contribution in [-0.2, 0) is 4.79 Å². The number of amides is 1. The van der Waals surface area contributed by atoms with Crippen molar-refractivity contribution in [3.05, 3.63) is 53.6 Å². The Morgan fingerprint density at radius 1 is 1.29 bits per heavy atom. The number of ether oxygens (including phenoxy) is 1. The minimum atomic E-state index is 0.0342. The summed E-state index contributed by atoms with van der Waals surface area (Å²) in [5.41, 5.74) is 3.40. The molecule has 3 rings (SSSR count). The maximum absolute atomic E-state index is 12.5. The van der Waals surface area contributed by atoms with E-state index in [9.17, 15) is 4.79 Å². The summed E-state index contributed by atoms with van der Waals surface area (Å²) in [6.45, 7) is 5.67. The molecule has 0 unspecified atom stereocenters. The van der Waals surface area contributed by atoms with Crippen LogP contribution in [-0.4, -0.2) is 40.5 Å². The molecule has 0 spiro atoms. The quantitative estimate of drug-likeness (QED) is 0.867. The second-order valence-electron chi connectivity index (χ2n) is 6.35. The van der Waals surface area contributed by atoms with E-state index in [1.165, 1.54) is 11.1 Å². The third kappa shape index (κ3) is 3.91. The summed E-state index contributed by atoms with van der Waals surface area (Å²) in [6, 6.07) is 7.84. The average molecular weight is 325 g/mol. The molecule has 1 atom stereocenters. The highest BCUT2D eigenvalue weighted by molar-refractivity contribution is 5.78. The predicted octanol–water partition coefficient (Wildman–Crippen LogP) is 2.88. The van der Waals surface area contributed by atoms with Gasteiger partial charge in [0.1, 0.15) is 12.1 Å².